The molecule has 4 heteroatoms. The Balaban J connectivity index is 2.22. The fourth-order valence-electron chi connectivity index (χ4n) is 2.04. The second-order valence-electron chi connectivity index (χ2n) is 4.49. The summed E-state index contributed by atoms with van der Waals surface area (Å²) < 4.78 is 5.08. The number of methoxy groups -OCH3 is 1. The van der Waals surface area contributed by atoms with Crippen LogP contribution in [0.25, 0.3) is 0 Å². The summed E-state index contributed by atoms with van der Waals surface area (Å²) in [6.45, 7) is 0. The molecule has 20 heavy (non-hydrogen) atoms. The van der Waals surface area contributed by atoms with Gasteiger partial charge in [-0.1, -0.05) is 35.9 Å². The van der Waals surface area contributed by atoms with Crippen molar-refractivity contribution >= 4 is 17.6 Å². The van der Waals surface area contributed by atoms with Gasteiger partial charge in [0.1, 0.15) is 5.75 Å². The van der Waals surface area contributed by atoms with Crippen molar-refractivity contribution < 1.29 is 14.6 Å². The molecule has 0 spiro atoms. The zero-order chi connectivity index (χ0) is 14.5. The Kier molecular flexibility index (Phi) is 4.64. The number of ether oxygens (including phenoxy) is 1. The van der Waals surface area contributed by atoms with Crippen molar-refractivity contribution in [3.05, 3.63) is 64.7 Å². The molecule has 2 aromatic carbocycles. The highest BCUT2D eigenvalue weighted by Crippen LogP contribution is 2.24. The van der Waals surface area contributed by atoms with Crippen molar-refractivity contribution in [2.75, 3.05) is 7.11 Å². The number of halogens is 1. The van der Waals surface area contributed by atoms with Gasteiger partial charge in [-0.2, -0.15) is 0 Å². The molecule has 1 atom stereocenters. The van der Waals surface area contributed by atoms with E-state index in [-0.39, 0.29) is 0 Å². The van der Waals surface area contributed by atoms with Gasteiger partial charge in [0.05, 0.1) is 13.0 Å². The second kappa shape index (κ2) is 6.44. The zero-order valence-electron chi connectivity index (χ0n) is 11.0. The smallest absolute Gasteiger partial charge is 0.311 e. The fourth-order valence-corrected chi connectivity index (χ4v) is 2.17. The van der Waals surface area contributed by atoms with Crippen LogP contribution in [0.5, 0.6) is 5.75 Å². The minimum Gasteiger partial charge on any atom is -0.497 e. The standard InChI is InChI=1S/C16H15ClO3/c1-20-14-8-4-12(5-9-14)15(16(18)19)10-11-2-6-13(17)7-3-11/h2-9,15H,10H2,1H3,(H,18,19). The summed E-state index contributed by atoms with van der Waals surface area (Å²) in [6.07, 6.45) is 0.429. The van der Waals surface area contributed by atoms with Gasteiger partial charge in [0.2, 0.25) is 0 Å². The Hall–Kier alpha value is -2.00. The molecule has 0 fully saturated rings. The van der Waals surface area contributed by atoms with E-state index >= 15 is 0 Å². The van der Waals surface area contributed by atoms with Gasteiger partial charge >= 0.3 is 5.97 Å². The maximum Gasteiger partial charge on any atom is 0.311 e. The van der Waals surface area contributed by atoms with Crippen LogP contribution >= 0.6 is 11.6 Å². The normalized spacial score (nSPS) is 11.9. The first-order chi connectivity index (χ1) is 9.60. The summed E-state index contributed by atoms with van der Waals surface area (Å²) in [5, 5.41) is 10.1. The Bertz CT molecular complexity index is 576. The van der Waals surface area contributed by atoms with Crippen LogP contribution < -0.4 is 4.74 Å². The van der Waals surface area contributed by atoms with Gasteiger partial charge < -0.3 is 9.84 Å². The predicted molar refractivity (Wildman–Crippen MR) is 78.5 cm³/mol. The molecule has 2 aromatic rings. The zero-order valence-corrected chi connectivity index (χ0v) is 11.8. The summed E-state index contributed by atoms with van der Waals surface area (Å²) >= 11 is 5.83. The van der Waals surface area contributed by atoms with Gasteiger partial charge in [0, 0.05) is 5.02 Å². The van der Waals surface area contributed by atoms with E-state index in [1.54, 1.807) is 43.5 Å². The van der Waals surface area contributed by atoms with E-state index < -0.39 is 11.9 Å². The number of hydrogen-bond donors (Lipinski definition) is 1. The summed E-state index contributed by atoms with van der Waals surface area (Å²) in [4.78, 5) is 11.5. The molecule has 0 saturated carbocycles. The number of carbonyl (C=O) groups is 1. The lowest BCUT2D eigenvalue weighted by Crippen LogP contribution is -2.14. The van der Waals surface area contributed by atoms with E-state index in [2.05, 4.69) is 0 Å². The van der Waals surface area contributed by atoms with Crippen LogP contribution in [0.4, 0.5) is 0 Å². The second-order valence-corrected chi connectivity index (χ2v) is 4.93. The van der Waals surface area contributed by atoms with Crippen LogP contribution in [-0.2, 0) is 11.2 Å². The van der Waals surface area contributed by atoms with Gasteiger partial charge in [0.25, 0.3) is 0 Å². The van der Waals surface area contributed by atoms with E-state index in [4.69, 9.17) is 16.3 Å². The van der Waals surface area contributed by atoms with Gasteiger partial charge in [-0.15, -0.1) is 0 Å². The van der Waals surface area contributed by atoms with E-state index in [1.807, 2.05) is 12.1 Å². The quantitative estimate of drug-likeness (QED) is 0.912. The minimum atomic E-state index is -0.842. The first-order valence-corrected chi connectivity index (χ1v) is 6.59. The molecule has 0 aliphatic carbocycles. The third-order valence-corrected chi connectivity index (χ3v) is 3.42. The lowest BCUT2D eigenvalue weighted by atomic mass is 9.92. The molecule has 0 aromatic heterocycles. The number of carboxylic acid groups (broad SMARTS) is 1. The van der Waals surface area contributed by atoms with Crippen LogP contribution in [0.3, 0.4) is 0 Å². The minimum absolute atomic E-state index is 0.429. The van der Waals surface area contributed by atoms with Gasteiger partial charge in [-0.25, -0.2) is 0 Å². The van der Waals surface area contributed by atoms with Crippen molar-refractivity contribution in [1.82, 2.24) is 0 Å². The first-order valence-electron chi connectivity index (χ1n) is 6.21. The molecule has 1 unspecified atom stereocenters. The number of hydrogen-bond acceptors (Lipinski definition) is 2. The van der Waals surface area contributed by atoms with Gasteiger partial charge in [-0.05, 0) is 41.8 Å². The molecular formula is C16H15ClO3. The summed E-state index contributed by atoms with van der Waals surface area (Å²) in [6, 6.07) is 14.3. The highest BCUT2D eigenvalue weighted by molar-refractivity contribution is 6.30. The molecule has 0 amide bonds. The number of benzene rings is 2. The summed E-state index contributed by atoms with van der Waals surface area (Å²) in [7, 11) is 1.58. The molecular weight excluding hydrogens is 276 g/mol. The van der Waals surface area contributed by atoms with Crippen LogP contribution in [-0.4, -0.2) is 18.2 Å². The van der Waals surface area contributed by atoms with Crippen molar-refractivity contribution in [1.29, 1.82) is 0 Å². The maximum atomic E-state index is 11.5. The monoisotopic (exact) mass is 290 g/mol. The Morgan fingerprint density at radius 2 is 1.75 bits per heavy atom. The largest absolute Gasteiger partial charge is 0.497 e. The van der Waals surface area contributed by atoms with Crippen LogP contribution in [0, 0.1) is 0 Å². The van der Waals surface area contributed by atoms with E-state index in [1.165, 1.54) is 0 Å². The van der Waals surface area contributed by atoms with Crippen LogP contribution in [0.1, 0.15) is 17.0 Å². The Labute approximate surface area is 122 Å². The Morgan fingerprint density at radius 1 is 1.15 bits per heavy atom. The third kappa shape index (κ3) is 3.52. The molecule has 0 aliphatic heterocycles. The maximum absolute atomic E-state index is 11.5. The van der Waals surface area contributed by atoms with Crippen LogP contribution in [0.2, 0.25) is 5.02 Å². The predicted octanol–water partition coefficient (Wildman–Crippen LogP) is 3.76. The van der Waals surface area contributed by atoms with Crippen molar-refractivity contribution in [2.45, 2.75) is 12.3 Å². The lowest BCUT2D eigenvalue weighted by Gasteiger charge is -2.13. The van der Waals surface area contributed by atoms with Crippen molar-refractivity contribution in [3.8, 4) is 5.75 Å². The summed E-state index contributed by atoms with van der Waals surface area (Å²) in [5.74, 6) is -0.711. The van der Waals surface area contributed by atoms with Gasteiger partial charge in [0.15, 0.2) is 0 Å². The topological polar surface area (TPSA) is 46.5 Å². The average molecular weight is 291 g/mol. The third-order valence-electron chi connectivity index (χ3n) is 3.17. The number of rotatable bonds is 5. The van der Waals surface area contributed by atoms with E-state index in [0.29, 0.717) is 17.2 Å². The Morgan fingerprint density at radius 3 is 2.25 bits per heavy atom. The highest BCUT2D eigenvalue weighted by atomic mass is 35.5. The molecule has 0 saturated heterocycles. The van der Waals surface area contributed by atoms with Crippen LogP contribution in [0.15, 0.2) is 48.5 Å². The number of carboxylic acids is 1. The molecule has 0 aliphatic rings. The molecule has 1 N–H and O–H groups in total. The molecule has 2 rings (SSSR count). The van der Waals surface area contributed by atoms with Crippen molar-refractivity contribution in [2.24, 2.45) is 0 Å². The molecule has 0 radical (unpaired) electrons. The first kappa shape index (κ1) is 14.4. The SMILES string of the molecule is COc1ccc(C(Cc2ccc(Cl)cc2)C(=O)O)cc1. The summed E-state index contributed by atoms with van der Waals surface area (Å²) in [5.41, 5.74) is 1.70. The molecule has 3 nitrogen and oxygen atoms in total. The molecule has 104 valence electrons. The lowest BCUT2D eigenvalue weighted by molar-refractivity contribution is -0.138. The fraction of sp³-hybridized carbons (Fsp3) is 0.188. The average Bonchev–Trinajstić information content (AvgIpc) is 2.46. The van der Waals surface area contributed by atoms with Gasteiger partial charge in [-0.3, -0.25) is 4.79 Å². The van der Waals surface area contributed by atoms with E-state index in [0.717, 1.165) is 11.1 Å². The highest BCUT2D eigenvalue weighted by Gasteiger charge is 2.20. The number of aliphatic carboxylic acids is 1. The molecule has 0 bridgehead atoms. The van der Waals surface area contributed by atoms with Crippen molar-refractivity contribution in [3.63, 3.8) is 0 Å². The molecule has 0 heterocycles. The van der Waals surface area contributed by atoms with E-state index in [9.17, 15) is 9.90 Å².